The number of carbonyl (C=O) groups excluding carboxylic acids is 2. The van der Waals surface area contributed by atoms with Gasteiger partial charge < -0.3 is 10.2 Å². The second-order valence-electron chi connectivity index (χ2n) is 7.11. The van der Waals surface area contributed by atoms with Gasteiger partial charge >= 0.3 is 0 Å². The van der Waals surface area contributed by atoms with E-state index < -0.39 is 0 Å². The third-order valence-corrected chi connectivity index (χ3v) is 5.10. The number of nitrogens with one attached hydrogen (secondary N) is 1. The summed E-state index contributed by atoms with van der Waals surface area (Å²) >= 11 is 0. The zero-order chi connectivity index (χ0) is 20.2. The van der Waals surface area contributed by atoms with Crippen molar-refractivity contribution in [2.24, 2.45) is 0 Å². The molecule has 2 aromatic carbocycles. The van der Waals surface area contributed by atoms with Crippen molar-refractivity contribution < 1.29 is 9.59 Å². The number of anilines is 1. The zero-order valence-corrected chi connectivity index (χ0v) is 16.0. The summed E-state index contributed by atoms with van der Waals surface area (Å²) in [5, 5.41) is 3.42. The van der Waals surface area contributed by atoms with Crippen LogP contribution >= 0.6 is 0 Å². The summed E-state index contributed by atoms with van der Waals surface area (Å²) in [7, 11) is 0. The highest BCUT2D eigenvalue weighted by atomic mass is 16.2. The third-order valence-electron chi connectivity index (χ3n) is 5.10. The van der Waals surface area contributed by atoms with Gasteiger partial charge in [0.15, 0.2) is 0 Å². The molecule has 0 aliphatic carbocycles. The van der Waals surface area contributed by atoms with Gasteiger partial charge in [0, 0.05) is 38.2 Å². The SMILES string of the molecule is O=C(CCn1cnc2ccccc2c1=O)NCc1cccc(N2CCCC2=O)c1. The van der Waals surface area contributed by atoms with Crippen molar-refractivity contribution in [1.82, 2.24) is 14.9 Å². The predicted molar refractivity (Wildman–Crippen MR) is 110 cm³/mol. The second-order valence-corrected chi connectivity index (χ2v) is 7.11. The van der Waals surface area contributed by atoms with Crippen molar-refractivity contribution in [3.63, 3.8) is 0 Å². The van der Waals surface area contributed by atoms with Gasteiger partial charge in [0.1, 0.15) is 0 Å². The van der Waals surface area contributed by atoms with Crippen LogP contribution in [0.2, 0.25) is 0 Å². The maximum atomic E-state index is 12.5. The van der Waals surface area contributed by atoms with Crippen LogP contribution in [-0.4, -0.2) is 27.9 Å². The van der Waals surface area contributed by atoms with E-state index in [0.717, 1.165) is 24.2 Å². The normalized spacial score (nSPS) is 13.8. The Balaban J connectivity index is 1.34. The first-order chi connectivity index (χ1) is 14.1. The number of amides is 2. The minimum atomic E-state index is -0.147. The number of nitrogens with zero attached hydrogens (tertiary/aromatic N) is 3. The van der Waals surface area contributed by atoms with Gasteiger partial charge in [0.2, 0.25) is 11.8 Å². The molecule has 2 heterocycles. The molecule has 0 unspecified atom stereocenters. The number of hydrogen-bond acceptors (Lipinski definition) is 4. The molecule has 7 nitrogen and oxygen atoms in total. The van der Waals surface area contributed by atoms with Gasteiger partial charge in [-0.15, -0.1) is 0 Å². The number of aryl methyl sites for hydroxylation is 1. The quantitative estimate of drug-likeness (QED) is 0.700. The van der Waals surface area contributed by atoms with Crippen LogP contribution in [0.3, 0.4) is 0 Å². The molecule has 1 aliphatic heterocycles. The molecular weight excluding hydrogens is 368 g/mol. The number of rotatable bonds is 6. The van der Waals surface area contributed by atoms with Crippen LogP contribution < -0.4 is 15.8 Å². The Morgan fingerprint density at radius 1 is 1.10 bits per heavy atom. The number of benzene rings is 2. The summed E-state index contributed by atoms with van der Waals surface area (Å²) < 4.78 is 1.46. The molecule has 148 valence electrons. The van der Waals surface area contributed by atoms with Crippen LogP contribution in [0.5, 0.6) is 0 Å². The van der Waals surface area contributed by atoms with Crippen LogP contribution in [-0.2, 0) is 22.7 Å². The van der Waals surface area contributed by atoms with Gasteiger partial charge in [-0.05, 0) is 36.2 Å². The van der Waals surface area contributed by atoms with Crippen molar-refractivity contribution in [3.8, 4) is 0 Å². The molecule has 0 saturated carbocycles. The van der Waals surface area contributed by atoms with Gasteiger partial charge in [-0.1, -0.05) is 24.3 Å². The molecule has 1 N–H and O–H groups in total. The predicted octanol–water partition coefficient (Wildman–Crippen LogP) is 2.23. The number of carbonyl (C=O) groups is 2. The maximum Gasteiger partial charge on any atom is 0.261 e. The fourth-order valence-corrected chi connectivity index (χ4v) is 3.53. The minimum Gasteiger partial charge on any atom is -0.352 e. The molecule has 2 amide bonds. The average molecular weight is 390 g/mol. The van der Waals surface area contributed by atoms with Crippen LogP contribution in [0, 0.1) is 0 Å². The Morgan fingerprint density at radius 3 is 2.79 bits per heavy atom. The van der Waals surface area contributed by atoms with E-state index in [2.05, 4.69) is 10.3 Å². The first kappa shape index (κ1) is 18.9. The fourth-order valence-electron chi connectivity index (χ4n) is 3.53. The highest BCUT2D eigenvalue weighted by molar-refractivity contribution is 5.95. The van der Waals surface area contributed by atoms with Gasteiger partial charge in [0.25, 0.3) is 5.56 Å². The number of fused-ring (bicyclic) bond motifs is 1. The zero-order valence-electron chi connectivity index (χ0n) is 16.0. The first-order valence-electron chi connectivity index (χ1n) is 9.72. The Bertz CT molecular complexity index is 1120. The standard InChI is InChI=1S/C22H22N4O3/c27-20(10-12-25-15-24-19-8-2-1-7-18(19)22(25)29)23-14-16-5-3-6-17(13-16)26-11-4-9-21(26)28/h1-3,5-8,13,15H,4,9-12,14H2,(H,23,27). The summed E-state index contributed by atoms with van der Waals surface area (Å²) in [6.07, 6.45) is 3.13. The Labute approximate surface area is 168 Å². The monoisotopic (exact) mass is 390 g/mol. The topological polar surface area (TPSA) is 84.3 Å². The van der Waals surface area contributed by atoms with Gasteiger partial charge in [-0.3, -0.25) is 19.0 Å². The van der Waals surface area contributed by atoms with E-state index in [9.17, 15) is 14.4 Å². The van der Waals surface area contributed by atoms with Gasteiger partial charge in [0.05, 0.1) is 17.2 Å². The van der Waals surface area contributed by atoms with E-state index in [1.165, 1.54) is 10.9 Å². The number of aromatic nitrogens is 2. The number of hydrogen-bond donors (Lipinski definition) is 1. The fraction of sp³-hybridized carbons (Fsp3) is 0.273. The smallest absolute Gasteiger partial charge is 0.261 e. The maximum absolute atomic E-state index is 12.5. The average Bonchev–Trinajstić information content (AvgIpc) is 3.18. The van der Waals surface area contributed by atoms with E-state index in [-0.39, 0.29) is 30.3 Å². The molecule has 1 aliphatic rings. The highest BCUT2D eigenvalue weighted by Crippen LogP contribution is 2.22. The Hall–Kier alpha value is -3.48. The van der Waals surface area contributed by atoms with E-state index in [4.69, 9.17) is 0 Å². The molecule has 3 aromatic rings. The lowest BCUT2D eigenvalue weighted by Gasteiger charge is -2.16. The van der Waals surface area contributed by atoms with E-state index >= 15 is 0 Å². The molecule has 0 spiro atoms. The molecule has 0 radical (unpaired) electrons. The second kappa shape index (κ2) is 8.26. The van der Waals surface area contributed by atoms with Crippen LogP contribution in [0.1, 0.15) is 24.8 Å². The van der Waals surface area contributed by atoms with Crippen LogP contribution in [0.25, 0.3) is 10.9 Å². The third kappa shape index (κ3) is 4.18. The van der Waals surface area contributed by atoms with Crippen molar-refractivity contribution in [2.45, 2.75) is 32.4 Å². The van der Waals surface area contributed by atoms with Crippen molar-refractivity contribution >= 4 is 28.4 Å². The van der Waals surface area contributed by atoms with E-state index in [1.807, 2.05) is 30.3 Å². The first-order valence-corrected chi connectivity index (χ1v) is 9.72. The summed E-state index contributed by atoms with van der Waals surface area (Å²) in [6.45, 7) is 1.38. The molecule has 0 bridgehead atoms. The summed E-state index contributed by atoms with van der Waals surface area (Å²) in [5.74, 6) is -0.00617. The van der Waals surface area contributed by atoms with Crippen molar-refractivity contribution in [3.05, 3.63) is 70.8 Å². The summed E-state index contributed by atoms with van der Waals surface area (Å²) in [4.78, 5) is 42.7. The molecule has 1 saturated heterocycles. The Morgan fingerprint density at radius 2 is 1.97 bits per heavy atom. The molecule has 0 atom stereocenters. The molecule has 7 heteroatoms. The lowest BCUT2D eigenvalue weighted by Crippen LogP contribution is -2.27. The lowest BCUT2D eigenvalue weighted by molar-refractivity contribution is -0.121. The van der Waals surface area contributed by atoms with E-state index in [0.29, 0.717) is 23.9 Å². The number of para-hydroxylation sites is 1. The van der Waals surface area contributed by atoms with Crippen LogP contribution in [0.4, 0.5) is 5.69 Å². The van der Waals surface area contributed by atoms with Crippen molar-refractivity contribution in [1.29, 1.82) is 0 Å². The Kier molecular flexibility index (Phi) is 5.37. The van der Waals surface area contributed by atoms with Crippen molar-refractivity contribution in [2.75, 3.05) is 11.4 Å². The van der Waals surface area contributed by atoms with Crippen LogP contribution in [0.15, 0.2) is 59.7 Å². The molecular formula is C22H22N4O3. The summed E-state index contributed by atoms with van der Waals surface area (Å²) in [6, 6.07) is 14.8. The largest absolute Gasteiger partial charge is 0.352 e. The molecule has 29 heavy (non-hydrogen) atoms. The molecule has 4 rings (SSSR count). The van der Waals surface area contributed by atoms with E-state index in [1.54, 1.807) is 23.1 Å². The molecule has 1 aromatic heterocycles. The van der Waals surface area contributed by atoms with Gasteiger partial charge in [-0.25, -0.2) is 4.98 Å². The lowest BCUT2D eigenvalue weighted by atomic mass is 10.2. The molecule has 1 fully saturated rings. The van der Waals surface area contributed by atoms with Gasteiger partial charge in [-0.2, -0.15) is 0 Å². The highest BCUT2D eigenvalue weighted by Gasteiger charge is 2.21. The minimum absolute atomic E-state index is 0.139. The summed E-state index contributed by atoms with van der Waals surface area (Å²) in [5.41, 5.74) is 2.30.